The number of likely N-dealkylation sites (tertiary alicyclic amines) is 1. The van der Waals surface area contributed by atoms with Crippen molar-refractivity contribution >= 4 is 17.6 Å². The number of amides is 2. The lowest BCUT2D eigenvalue weighted by Gasteiger charge is -2.32. The van der Waals surface area contributed by atoms with Crippen LogP contribution in [0.3, 0.4) is 0 Å². The average Bonchev–Trinajstić information content (AvgIpc) is 3.26. The second kappa shape index (κ2) is 9.76. The van der Waals surface area contributed by atoms with Crippen molar-refractivity contribution in [3.8, 4) is 0 Å². The van der Waals surface area contributed by atoms with E-state index in [1.807, 2.05) is 34.9 Å². The molecule has 2 aromatic heterocycles. The summed E-state index contributed by atoms with van der Waals surface area (Å²) in [5.41, 5.74) is 3.02. The number of rotatable bonds is 7. The Bertz CT molecular complexity index is 976. The van der Waals surface area contributed by atoms with Crippen LogP contribution in [0.1, 0.15) is 74.8 Å². The number of pyridine rings is 1. The largest absolute Gasteiger partial charge is 0.332 e. The molecule has 2 amide bonds. The maximum absolute atomic E-state index is 13.0. The first-order valence-corrected chi connectivity index (χ1v) is 11.8. The lowest BCUT2D eigenvalue weighted by molar-refractivity contribution is -0.132. The molecule has 1 fully saturated rings. The Morgan fingerprint density at radius 2 is 2.06 bits per heavy atom. The van der Waals surface area contributed by atoms with Gasteiger partial charge in [0.05, 0.1) is 6.04 Å². The molecular formula is C25H33N5O2. The summed E-state index contributed by atoms with van der Waals surface area (Å²) in [6, 6.07) is 5.76. The summed E-state index contributed by atoms with van der Waals surface area (Å²) in [6.45, 7) is 7.61. The number of nitrogens with zero attached hydrogens (tertiary/aromatic N) is 5. The monoisotopic (exact) mass is 435 g/mol. The fraction of sp³-hybridized carbons (Fsp3) is 0.560. The Balaban J connectivity index is 1.51. The van der Waals surface area contributed by atoms with Gasteiger partial charge in [-0.15, -0.1) is 0 Å². The van der Waals surface area contributed by atoms with Crippen LogP contribution in [-0.2, 0) is 22.4 Å². The van der Waals surface area contributed by atoms with Gasteiger partial charge in [0.2, 0.25) is 11.8 Å². The van der Waals surface area contributed by atoms with E-state index in [1.54, 1.807) is 6.20 Å². The summed E-state index contributed by atoms with van der Waals surface area (Å²) in [4.78, 5) is 43.5. The van der Waals surface area contributed by atoms with Crippen molar-refractivity contribution < 1.29 is 9.59 Å². The molecule has 4 heterocycles. The molecule has 170 valence electrons. The molecule has 0 unspecified atom stereocenters. The van der Waals surface area contributed by atoms with Crippen LogP contribution in [0.4, 0.5) is 5.82 Å². The second-order valence-corrected chi connectivity index (χ2v) is 9.29. The van der Waals surface area contributed by atoms with Gasteiger partial charge < -0.3 is 4.90 Å². The van der Waals surface area contributed by atoms with E-state index in [9.17, 15) is 9.59 Å². The highest BCUT2D eigenvalue weighted by molar-refractivity contribution is 5.95. The van der Waals surface area contributed by atoms with Gasteiger partial charge in [0.15, 0.2) is 5.82 Å². The van der Waals surface area contributed by atoms with Gasteiger partial charge in [-0.1, -0.05) is 19.9 Å². The van der Waals surface area contributed by atoms with E-state index in [0.29, 0.717) is 37.5 Å². The summed E-state index contributed by atoms with van der Waals surface area (Å²) in [7, 11) is 0. The van der Waals surface area contributed by atoms with Crippen LogP contribution in [0.25, 0.3) is 0 Å². The molecule has 2 aliphatic rings. The first-order chi connectivity index (χ1) is 15.4. The van der Waals surface area contributed by atoms with Crippen molar-refractivity contribution in [3.05, 3.63) is 47.2 Å². The number of hydrogen-bond donors (Lipinski definition) is 0. The molecular weight excluding hydrogens is 402 g/mol. The third-order valence-electron chi connectivity index (χ3n) is 6.32. The van der Waals surface area contributed by atoms with Crippen molar-refractivity contribution in [3.63, 3.8) is 0 Å². The van der Waals surface area contributed by atoms with Crippen LogP contribution in [0.15, 0.2) is 24.4 Å². The molecule has 4 rings (SSSR count). The van der Waals surface area contributed by atoms with E-state index >= 15 is 0 Å². The van der Waals surface area contributed by atoms with Crippen LogP contribution in [0.5, 0.6) is 0 Å². The molecule has 0 spiro atoms. The van der Waals surface area contributed by atoms with Gasteiger partial charge in [0, 0.05) is 49.1 Å². The third kappa shape index (κ3) is 4.81. The summed E-state index contributed by atoms with van der Waals surface area (Å²) >= 11 is 0. The first-order valence-electron chi connectivity index (χ1n) is 11.8. The number of anilines is 1. The highest BCUT2D eigenvalue weighted by Gasteiger charge is 2.34. The number of aryl methyl sites for hydroxylation is 2. The molecule has 0 saturated carbocycles. The fourth-order valence-corrected chi connectivity index (χ4v) is 4.75. The number of carbonyl (C=O) groups is 2. The summed E-state index contributed by atoms with van der Waals surface area (Å²) in [5.74, 6) is 2.07. The zero-order valence-corrected chi connectivity index (χ0v) is 19.4. The maximum Gasteiger partial charge on any atom is 0.228 e. The predicted octanol–water partition coefficient (Wildman–Crippen LogP) is 3.80. The molecule has 0 aromatic carbocycles. The summed E-state index contributed by atoms with van der Waals surface area (Å²) in [6.07, 6.45) is 6.87. The van der Waals surface area contributed by atoms with Crippen LogP contribution >= 0.6 is 0 Å². The molecule has 0 radical (unpaired) electrons. The lowest BCUT2D eigenvalue weighted by Crippen LogP contribution is -2.40. The molecule has 2 aromatic rings. The van der Waals surface area contributed by atoms with E-state index in [-0.39, 0.29) is 17.9 Å². The smallest absolute Gasteiger partial charge is 0.228 e. The van der Waals surface area contributed by atoms with Gasteiger partial charge in [-0.25, -0.2) is 9.97 Å². The number of aromatic nitrogens is 3. The summed E-state index contributed by atoms with van der Waals surface area (Å²) in [5, 5.41) is 0. The lowest BCUT2D eigenvalue weighted by atomic mass is 10.0. The minimum absolute atomic E-state index is 0.112. The molecule has 1 saturated heterocycles. The molecule has 2 aliphatic heterocycles. The minimum atomic E-state index is -0.112. The van der Waals surface area contributed by atoms with Crippen molar-refractivity contribution in [2.75, 3.05) is 18.0 Å². The van der Waals surface area contributed by atoms with Crippen molar-refractivity contribution in [2.45, 2.75) is 71.8 Å². The van der Waals surface area contributed by atoms with E-state index in [2.05, 4.69) is 18.8 Å². The summed E-state index contributed by atoms with van der Waals surface area (Å²) < 4.78 is 0. The van der Waals surface area contributed by atoms with Crippen LogP contribution in [0.2, 0.25) is 0 Å². The zero-order valence-electron chi connectivity index (χ0n) is 19.4. The molecule has 32 heavy (non-hydrogen) atoms. The Kier molecular flexibility index (Phi) is 6.82. The minimum Gasteiger partial charge on any atom is -0.332 e. The Morgan fingerprint density at radius 3 is 2.81 bits per heavy atom. The molecule has 0 N–H and O–H groups in total. The van der Waals surface area contributed by atoms with E-state index in [0.717, 1.165) is 55.0 Å². The quantitative estimate of drug-likeness (QED) is 0.661. The highest BCUT2D eigenvalue weighted by Crippen LogP contribution is 2.35. The van der Waals surface area contributed by atoms with Gasteiger partial charge in [0.25, 0.3) is 0 Å². The maximum atomic E-state index is 13.0. The van der Waals surface area contributed by atoms with Crippen LogP contribution < -0.4 is 4.90 Å². The molecule has 0 bridgehead atoms. The second-order valence-electron chi connectivity index (χ2n) is 9.29. The predicted molar refractivity (Wildman–Crippen MR) is 123 cm³/mol. The van der Waals surface area contributed by atoms with Crippen molar-refractivity contribution in [1.29, 1.82) is 0 Å². The van der Waals surface area contributed by atoms with E-state index in [1.165, 1.54) is 0 Å². The fourth-order valence-electron chi connectivity index (χ4n) is 4.75. The Hall–Kier alpha value is -2.83. The van der Waals surface area contributed by atoms with E-state index in [4.69, 9.17) is 9.97 Å². The molecule has 7 nitrogen and oxygen atoms in total. The van der Waals surface area contributed by atoms with Gasteiger partial charge in [-0.05, 0) is 57.1 Å². The number of fused-ring (bicyclic) bond motifs is 1. The van der Waals surface area contributed by atoms with Gasteiger partial charge >= 0.3 is 0 Å². The van der Waals surface area contributed by atoms with E-state index < -0.39 is 0 Å². The van der Waals surface area contributed by atoms with Crippen molar-refractivity contribution in [2.24, 2.45) is 5.92 Å². The molecule has 0 aliphatic carbocycles. The van der Waals surface area contributed by atoms with Gasteiger partial charge in [0.1, 0.15) is 5.82 Å². The normalized spacial score (nSPS) is 18.4. The van der Waals surface area contributed by atoms with Crippen LogP contribution in [0, 0.1) is 12.8 Å². The number of hydrogen-bond acceptors (Lipinski definition) is 5. The molecule has 1 atom stereocenters. The molecule has 7 heteroatoms. The van der Waals surface area contributed by atoms with Gasteiger partial charge in [-0.2, -0.15) is 0 Å². The van der Waals surface area contributed by atoms with Crippen molar-refractivity contribution in [1.82, 2.24) is 19.9 Å². The standard InChI is InChI=1S/C25H33N5O2/c1-17(2)16-30-23(32)13-12-20-18(3)27-24(28-25(20)30)21-10-7-15-29(21)22(31)11-6-9-19-8-4-5-14-26-19/h4-5,8,14,17,21H,6-7,9-13,15-16H2,1-3H3/t21-/m1/s1. The topological polar surface area (TPSA) is 79.3 Å². The SMILES string of the molecule is Cc1nc([C@H]2CCCN2C(=O)CCCc2ccccn2)nc2c1CCC(=O)N2CC(C)C. The zero-order chi connectivity index (χ0) is 22.7. The Labute approximate surface area is 190 Å². The van der Waals surface area contributed by atoms with Gasteiger partial charge in [-0.3, -0.25) is 19.5 Å². The third-order valence-corrected chi connectivity index (χ3v) is 6.32. The van der Waals surface area contributed by atoms with Crippen LogP contribution in [-0.4, -0.2) is 44.8 Å². The number of carbonyl (C=O) groups excluding carboxylic acids is 2. The highest BCUT2D eigenvalue weighted by atomic mass is 16.2. The first kappa shape index (κ1) is 22.4. The average molecular weight is 436 g/mol. The Morgan fingerprint density at radius 1 is 1.22 bits per heavy atom.